The second-order valence-corrected chi connectivity index (χ2v) is 5.24. The van der Waals surface area contributed by atoms with E-state index in [9.17, 15) is 0 Å². The van der Waals surface area contributed by atoms with Gasteiger partial charge in [0.05, 0.1) is 12.5 Å². The van der Waals surface area contributed by atoms with Crippen molar-refractivity contribution in [2.24, 2.45) is 0 Å². The number of hydrogen-bond donors (Lipinski definition) is 0. The standard InChI is InChI=1S/C15H15Cl2NO/c1-10(13-5-3-4-8-18-13)15(17)12-9-11(16)6-7-14(12)19-2/h3-10,15H,1-2H3. The highest BCUT2D eigenvalue weighted by atomic mass is 35.5. The molecule has 1 aromatic carbocycles. The molecule has 0 N–H and O–H groups in total. The van der Waals surface area contributed by atoms with Gasteiger partial charge in [-0.05, 0) is 30.3 Å². The molecule has 1 aromatic heterocycles. The minimum Gasteiger partial charge on any atom is -0.496 e. The molecule has 0 fully saturated rings. The number of alkyl halides is 1. The van der Waals surface area contributed by atoms with Crippen LogP contribution in [-0.2, 0) is 0 Å². The van der Waals surface area contributed by atoms with Crippen LogP contribution in [-0.4, -0.2) is 12.1 Å². The molecule has 2 aromatic rings. The van der Waals surface area contributed by atoms with Crippen LogP contribution in [0.25, 0.3) is 0 Å². The second kappa shape index (κ2) is 6.27. The third kappa shape index (κ3) is 3.20. The van der Waals surface area contributed by atoms with E-state index >= 15 is 0 Å². The van der Waals surface area contributed by atoms with E-state index in [1.807, 2.05) is 37.3 Å². The van der Waals surface area contributed by atoms with Gasteiger partial charge in [0.15, 0.2) is 0 Å². The highest BCUT2D eigenvalue weighted by Gasteiger charge is 2.22. The SMILES string of the molecule is COc1ccc(Cl)cc1C(Cl)C(C)c1ccccn1. The number of methoxy groups -OCH3 is 1. The normalized spacial score (nSPS) is 13.9. The van der Waals surface area contributed by atoms with E-state index in [0.29, 0.717) is 5.02 Å². The fraction of sp³-hybridized carbons (Fsp3) is 0.267. The molecule has 4 heteroatoms. The molecule has 2 rings (SSSR count). The summed E-state index contributed by atoms with van der Waals surface area (Å²) in [5.74, 6) is 0.808. The van der Waals surface area contributed by atoms with Gasteiger partial charge in [0.1, 0.15) is 5.75 Å². The second-order valence-electron chi connectivity index (χ2n) is 4.33. The Hall–Kier alpha value is -1.25. The molecule has 0 aliphatic rings. The number of benzene rings is 1. The summed E-state index contributed by atoms with van der Waals surface area (Å²) < 4.78 is 5.34. The zero-order valence-corrected chi connectivity index (χ0v) is 12.3. The molecule has 2 nitrogen and oxygen atoms in total. The van der Waals surface area contributed by atoms with Gasteiger partial charge in [-0.15, -0.1) is 11.6 Å². The Morgan fingerprint density at radius 2 is 2.00 bits per heavy atom. The zero-order valence-electron chi connectivity index (χ0n) is 10.8. The van der Waals surface area contributed by atoms with Crippen LogP contribution in [0.5, 0.6) is 5.75 Å². The van der Waals surface area contributed by atoms with E-state index in [4.69, 9.17) is 27.9 Å². The van der Waals surface area contributed by atoms with Gasteiger partial charge in [0.2, 0.25) is 0 Å². The molecule has 1 heterocycles. The molecule has 0 bridgehead atoms. The average molecular weight is 296 g/mol. The van der Waals surface area contributed by atoms with Crippen LogP contribution in [0.4, 0.5) is 0 Å². The predicted molar refractivity (Wildman–Crippen MR) is 79.3 cm³/mol. The summed E-state index contributed by atoms with van der Waals surface area (Å²) in [5, 5.41) is 0.401. The molecular weight excluding hydrogens is 281 g/mol. The lowest BCUT2D eigenvalue weighted by atomic mass is 9.96. The van der Waals surface area contributed by atoms with Crippen LogP contribution in [0.1, 0.15) is 29.5 Å². The fourth-order valence-electron chi connectivity index (χ4n) is 1.99. The van der Waals surface area contributed by atoms with Gasteiger partial charge in [-0.3, -0.25) is 4.98 Å². The maximum absolute atomic E-state index is 6.57. The summed E-state index contributed by atoms with van der Waals surface area (Å²) in [6, 6.07) is 11.3. The van der Waals surface area contributed by atoms with Crippen LogP contribution in [0.3, 0.4) is 0 Å². The Balaban J connectivity index is 2.33. The summed E-state index contributed by atoms with van der Waals surface area (Å²) in [4.78, 5) is 4.34. The summed E-state index contributed by atoms with van der Waals surface area (Å²) in [6.07, 6.45) is 1.77. The van der Waals surface area contributed by atoms with Gasteiger partial charge in [0, 0.05) is 28.4 Å². The van der Waals surface area contributed by atoms with E-state index in [-0.39, 0.29) is 11.3 Å². The molecule has 0 amide bonds. The molecule has 0 saturated heterocycles. The first kappa shape index (κ1) is 14.2. The average Bonchev–Trinajstić information content (AvgIpc) is 2.46. The number of halogens is 2. The summed E-state index contributed by atoms with van der Waals surface area (Å²) >= 11 is 12.6. The molecule has 2 atom stereocenters. The molecular formula is C15H15Cl2NO. The summed E-state index contributed by atoms with van der Waals surface area (Å²) in [6.45, 7) is 2.04. The molecule has 0 saturated carbocycles. The predicted octanol–water partition coefficient (Wildman–Crippen LogP) is 4.83. The minimum atomic E-state index is -0.247. The maximum atomic E-state index is 6.57. The quantitative estimate of drug-likeness (QED) is 0.754. The largest absolute Gasteiger partial charge is 0.496 e. The van der Waals surface area contributed by atoms with Gasteiger partial charge in [-0.2, -0.15) is 0 Å². The van der Waals surface area contributed by atoms with Crippen molar-refractivity contribution in [1.29, 1.82) is 0 Å². The van der Waals surface area contributed by atoms with Crippen molar-refractivity contribution in [3.05, 3.63) is 58.9 Å². The fourth-order valence-corrected chi connectivity index (χ4v) is 2.47. The molecule has 0 aliphatic carbocycles. The van der Waals surface area contributed by atoms with Crippen LogP contribution in [0.15, 0.2) is 42.6 Å². The van der Waals surface area contributed by atoms with Gasteiger partial charge < -0.3 is 4.74 Å². The van der Waals surface area contributed by atoms with Crippen molar-refractivity contribution in [3.63, 3.8) is 0 Å². The maximum Gasteiger partial charge on any atom is 0.123 e. The van der Waals surface area contributed by atoms with Crippen LogP contribution in [0, 0.1) is 0 Å². The van der Waals surface area contributed by atoms with Crippen LogP contribution in [0.2, 0.25) is 5.02 Å². The van der Waals surface area contributed by atoms with E-state index in [1.165, 1.54) is 0 Å². The number of ether oxygens (including phenoxy) is 1. The monoisotopic (exact) mass is 295 g/mol. The number of hydrogen-bond acceptors (Lipinski definition) is 2. The summed E-state index contributed by atoms with van der Waals surface area (Å²) in [5.41, 5.74) is 1.83. The molecule has 0 aliphatic heterocycles. The first-order valence-corrected chi connectivity index (χ1v) is 6.83. The molecule has 0 radical (unpaired) electrons. The first-order chi connectivity index (χ1) is 9.13. The van der Waals surface area contributed by atoms with Gasteiger partial charge >= 0.3 is 0 Å². The number of pyridine rings is 1. The molecule has 100 valence electrons. The Bertz CT molecular complexity index is 545. The number of nitrogens with zero attached hydrogens (tertiary/aromatic N) is 1. The Morgan fingerprint density at radius 1 is 1.21 bits per heavy atom. The van der Waals surface area contributed by atoms with E-state index in [0.717, 1.165) is 17.0 Å². The molecule has 0 spiro atoms. The van der Waals surface area contributed by atoms with Crippen molar-refractivity contribution in [1.82, 2.24) is 4.98 Å². The Labute approximate surface area is 123 Å². The number of aromatic nitrogens is 1. The van der Waals surface area contributed by atoms with Crippen LogP contribution < -0.4 is 4.74 Å². The Kier molecular flexibility index (Phi) is 4.67. The van der Waals surface area contributed by atoms with Crippen LogP contribution >= 0.6 is 23.2 Å². The Morgan fingerprint density at radius 3 is 2.63 bits per heavy atom. The summed E-state index contributed by atoms with van der Waals surface area (Å²) in [7, 11) is 1.63. The lowest BCUT2D eigenvalue weighted by Crippen LogP contribution is -2.06. The van der Waals surface area contributed by atoms with E-state index in [2.05, 4.69) is 4.98 Å². The minimum absolute atomic E-state index is 0.0650. The zero-order chi connectivity index (χ0) is 13.8. The number of rotatable bonds is 4. The first-order valence-electron chi connectivity index (χ1n) is 6.02. The third-order valence-corrected chi connectivity index (χ3v) is 3.93. The van der Waals surface area contributed by atoms with Gasteiger partial charge in [0.25, 0.3) is 0 Å². The smallest absolute Gasteiger partial charge is 0.123 e. The highest BCUT2D eigenvalue weighted by Crippen LogP contribution is 2.40. The lowest BCUT2D eigenvalue weighted by Gasteiger charge is -2.20. The van der Waals surface area contributed by atoms with Crippen molar-refractivity contribution >= 4 is 23.2 Å². The van der Waals surface area contributed by atoms with E-state index in [1.54, 1.807) is 19.4 Å². The highest BCUT2D eigenvalue weighted by molar-refractivity contribution is 6.31. The lowest BCUT2D eigenvalue weighted by molar-refractivity contribution is 0.407. The van der Waals surface area contributed by atoms with Crippen molar-refractivity contribution in [2.75, 3.05) is 7.11 Å². The van der Waals surface area contributed by atoms with Crippen molar-refractivity contribution < 1.29 is 4.74 Å². The van der Waals surface area contributed by atoms with E-state index < -0.39 is 0 Å². The van der Waals surface area contributed by atoms with Crippen molar-refractivity contribution in [3.8, 4) is 5.75 Å². The topological polar surface area (TPSA) is 22.1 Å². The molecule has 19 heavy (non-hydrogen) atoms. The van der Waals surface area contributed by atoms with Crippen molar-refractivity contribution in [2.45, 2.75) is 18.2 Å². The van der Waals surface area contributed by atoms with Gasteiger partial charge in [-0.25, -0.2) is 0 Å². The van der Waals surface area contributed by atoms with Gasteiger partial charge in [-0.1, -0.05) is 24.6 Å². The third-order valence-electron chi connectivity index (χ3n) is 3.08. The molecule has 2 unspecified atom stereocenters.